The molecule has 0 aliphatic heterocycles. The highest BCUT2D eigenvalue weighted by atomic mass is 19.1. The summed E-state index contributed by atoms with van der Waals surface area (Å²) in [5.74, 6) is 0.766. The summed E-state index contributed by atoms with van der Waals surface area (Å²) < 4.78 is 15.9. The Kier molecular flexibility index (Phi) is 5.00. The topological polar surface area (TPSA) is 83.8 Å². The van der Waals surface area contributed by atoms with Gasteiger partial charge in [-0.05, 0) is 44.0 Å². The summed E-state index contributed by atoms with van der Waals surface area (Å²) in [7, 11) is 0. The normalized spacial score (nSPS) is 19.4. The van der Waals surface area contributed by atoms with Crippen molar-refractivity contribution in [1.29, 1.82) is 0 Å². The second-order valence-corrected chi connectivity index (χ2v) is 7.84. The highest BCUT2D eigenvalue weighted by molar-refractivity contribution is 5.78. The average Bonchev–Trinajstić information content (AvgIpc) is 3.39. The zero-order valence-electron chi connectivity index (χ0n) is 16.8. The number of aromatic nitrogens is 6. The molecule has 0 saturated heterocycles. The molecule has 8 heteroatoms. The van der Waals surface area contributed by atoms with Gasteiger partial charge in [0.15, 0.2) is 5.65 Å². The van der Waals surface area contributed by atoms with Crippen LogP contribution >= 0.6 is 0 Å². The lowest BCUT2D eigenvalue weighted by Crippen LogP contribution is -2.39. The molecule has 1 aliphatic rings. The Bertz CT molecular complexity index is 1170. The number of aryl methyl sites for hydroxylation is 1. The molecule has 1 fully saturated rings. The average molecular weight is 405 g/mol. The van der Waals surface area contributed by atoms with Crippen LogP contribution in [0.4, 0.5) is 4.39 Å². The van der Waals surface area contributed by atoms with E-state index < -0.39 is 6.17 Å². The molecule has 0 amide bonds. The van der Waals surface area contributed by atoms with Crippen molar-refractivity contribution in [3.63, 3.8) is 0 Å². The number of nitrogens with one attached hydrogen (secondary N) is 2. The van der Waals surface area contributed by atoms with E-state index in [-0.39, 0.29) is 6.04 Å². The van der Waals surface area contributed by atoms with Crippen molar-refractivity contribution in [2.24, 2.45) is 0 Å². The van der Waals surface area contributed by atoms with Crippen LogP contribution in [0.2, 0.25) is 0 Å². The van der Waals surface area contributed by atoms with E-state index in [0.717, 1.165) is 59.1 Å². The fourth-order valence-electron chi connectivity index (χ4n) is 4.09. The van der Waals surface area contributed by atoms with E-state index in [1.807, 2.05) is 43.5 Å². The molecular formula is C22H24FN7. The molecule has 2 atom stereocenters. The third-order valence-electron chi connectivity index (χ3n) is 5.67. The SMILES string of the molecule is Cc1cccc(-c2nc(CNC3CCCC[C@@H]3F)[nH]c2-c2ccn3ncnc3c2)n1. The van der Waals surface area contributed by atoms with Crippen LogP contribution in [0.1, 0.15) is 37.2 Å². The first-order chi connectivity index (χ1) is 14.7. The fraction of sp³-hybridized carbons (Fsp3) is 0.364. The molecule has 2 N–H and O–H groups in total. The summed E-state index contributed by atoms with van der Waals surface area (Å²) in [4.78, 5) is 17.2. The number of H-pyrrole nitrogens is 1. The lowest BCUT2D eigenvalue weighted by molar-refractivity contribution is 0.187. The second kappa shape index (κ2) is 7.95. The molecule has 1 unspecified atom stereocenters. The zero-order chi connectivity index (χ0) is 20.5. The van der Waals surface area contributed by atoms with Gasteiger partial charge in [0, 0.05) is 23.5 Å². The van der Waals surface area contributed by atoms with Gasteiger partial charge in [-0.1, -0.05) is 18.9 Å². The monoisotopic (exact) mass is 405 g/mol. The lowest BCUT2D eigenvalue weighted by atomic mass is 9.94. The third kappa shape index (κ3) is 3.70. The van der Waals surface area contributed by atoms with Gasteiger partial charge >= 0.3 is 0 Å². The summed E-state index contributed by atoms with van der Waals surface area (Å²) in [5.41, 5.74) is 5.09. The summed E-state index contributed by atoms with van der Waals surface area (Å²) in [6.07, 6.45) is 6.16. The summed E-state index contributed by atoms with van der Waals surface area (Å²) in [6, 6.07) is 9.73. The molecule has 4 aromatic rings. The number of pyridine rings is 2. The van der Waals surface area contributed by atoms with Crippen LogP contribution in [0.3, 0.4) is 0 Å². The second-order valence-electron chi connectivity index (χ2n) is 7.84. The predicted octanol–water partition coefficient (Wildman–Crippen LogP) is 3.86. The van der Waals surface area contributed by atoms with Gasteiger partial charge in [0.25, 0.3) is 0 Å². The van der Waals surface area contributed by atoms with Crippen LogP contribution in [0.15, 0.2) is 42.9 Å². The quantitative estimate of drug-likeness (QED) is 0.527. The number of aromatic amines is 1. The Hall–Kier alpha value is -3.13. The molecule has 1 saturated carbocycles. The Balaban J connectivity index is 1.50. The first-order valence-electron chi connectivity index (χ1n) is 10.4. The standard InChI is InChI=1S/C22H24FN7/c1-14-5-4-8-18(27-14)22-21(15-9-10-30-20(11-15)25-13-26-30)28-19(29-22)12-24-17-7-3-2-6-16(17)23/h4-5,8-11,13,16-17,24H,2-3,6-7,12H2,1H3,(H,28,29)/t16-,17?/m0/s1. The number of nitrogens with zero attached hydrogens (tertiary/aromatic N) is 5. The van der Waals surface area contributed by atoms with Crippen molar-refractivity contribution in [3.8, 4) is 22.6 Å². The van der Waals surface area contributed by atoms with Gasteiger partial charge in [-0.3, -0.25) is 4.98 Å². The van der Waals surface area contributed by atoms with E-state index in [0.29, 0.717) is 13.0 Å². The molecule has 0 radical (unpaired) electrons. The predicted molar refractivity (Wildman–Crippen MR) is 113 cm³/mol. The Morgan fingerprint density at radius 1 is 1.20 bits per heavy atom. The molecule has 0 aromatic carbocycles. The summed E-state index contributed by atoms with van der Waals surface area (Å²) >= 11 is 0. The maximum atomic E-state index is 14.2. The summed E-state index contributed by atoms with van der Waals surface area (Å²) in [5, 5.41) is 7.51. The Morgan fingerprint density at radius 3 is 2.97 bits per heavy atom. The van der Waals surface area contributed by atoms with Crippen LogP contribution in [0, 0.1) is 6.92 Å². The van der Waals surface area contributed by atoms with E-state index >= 15 is 0 Å². The third-order valence-corrected chi connectivity index (χ3v) is 5.67. The van der Waals surface area contributed by atoms with Gasteiger partial charge in [-0.15, -0.1) is 0 Å². The van der Waals surface area contributed by atoms with Crippen LogP contribution < -0.4 is 5.32 Å². The molecule has 1 aliphatic carbocycles. The van der Waals surface area contributed by atoms with Gasteiger partial charge in [-0.2, -0.15) is 5.10 Å². The highest BCUT2D eigenvalue weighted by Gasteiger charge is 2.25. The van der Waals surface area contributed by atoms with E-state index in [1.54, 1.807) is 4.52 Å². The molecule has 30 heavy (non-hydrogen) atoms. The van der Waals surface area contributed by atoms with Gasteiger partial charge < -0.3 is 10.3 Å². The van der Waals surface area contributed by atoms with Crippen molar-refractivity contribution < 1.29 is 4.39 Å². The van der Waals surface area contributed by atoms with Crippen molar-refractivity contribution >= 4 is 5.65 Å². The van der Waals surface area contributed by atoms with Gasteiger partial charge in [-0.25, -0.2) is 18.9 Å². The number of fused-ring (bicyclic) bond motifs is 1. The lowest BCUT2D eigenvalue weighted by Gasteiger charge is -2.26. The molecule has 4 heterocycles. The van der Waals surface area contributed by atoms with Gasteiger partial charge in [0.1, 0.15) is 24.0 Å². The molecule has 4 aromatic heterocycles. The maximum Gasteiger partial charge on any atom is 0.155 e. The number of alkyl halides is 1. The summed E-state index contributed by atoms with van der Waals surface area (Å²) in [6.45, 7) is 2.45. The number of hydrogen-bond donors (Lipinski definition) is 2. The van der Waals surface area contributed by atoms with Crippen molar-refractivity contribution in [3.05, 3.63) is 54.4 Å². The van der Waals surface area contributed by atoms with Crippen LogP contribution in [0.5, 0.6) is 0 Å². The van der Waals surface area contributed by atoms with Crippen LogP contribution in [0.25, 0.3) is 28.3 Å². The van der Waals surface area contributed by atoms with E-state index in [4.69, 9.17) is 4.98 Å². The molecule has 5 rings (SSSR count). The Labute approximate surface area is 173 Å². The van der Waals surface area contributed by atoms with Crippen molar-refractivity contribution in [2.75, 3.05) is 0 Å². The molecule has 0 bridgehead atoms. The van der Waals surface area contributed by atoms with E-state index in [2.05, 4.69) is 25.4 Å². The first kappa shape index (κ1) is 18.9. The number of imidazole rings is 1. The van der Waals surface area contributed by atoms with Crippen molar-refractivity contribution in [1.82, 2.24) is 34.9 Å². The zero-order valence-corrected chi connectivity index (χ0v) is 16.8. The molecular weight excluding hydrogens is 381 g/mol. The van der Waals surface area contributed by atoms with Crippen molar-refractivity contribution in [2.45, 2.75) is 51.4 Å². The molecule has 0 spiro atoms. The van der Waals surface area contributed by atoms with Crippen LogP contribution in [-0.4, -0.2) is 41.8 Å². The van der Waals surface area contributed by atoms with Gasteiger partial charge in [0.05, 0.1) is 17.9 Å². The number of hydrogen-bond acceptors (Lipinski definition) is 5. The fourth-order valence-corrected chi connectivity index (χ4v) is 4.09. The Morgan fingerprint density at radius 2 is 2.10 bits per heavy atom. The smallest absolute Gasteiger partial charge is 0.155 e. The van der Waals surface area contributed by atoms with E-state index in [9.17, 15) is 4.39 Å². The molecule has 154 valence electrons. The minimum Gasteiger partial charge on any atom is -0.340 e. The maximum absolute atomic E-state index is 14.2. The van der Waals surface area contributed by atoms with Crippen LogP contribution in [-0.2, 0) is 6.54 Å². The minimum atomic E-state index is -0.790. The highest BCUT2D eigenvalue weighted by Crippen LogP contribution is 2.30. The first-order valence-corrected chi connectivity index (χ1v) is 10.4. The largest absolute Gasteiger partial charge is 0.340 e. The number of halogens is 1. The van der Waals surface area contributed by atoms with E-state index in [1.165, 1.54) is 6.33 Å². The number of rotatable bonds is 5. The minimum absolute atomic E-state index is 0.111. The molecule has 7 nitrogen and oxygen atoms in total. The van der Waals surface area contributed by atoms with Gasteiger partial charge in [0.2, 0.25) is 0 Å².